The summed E-state index contributed by atoms with van der Waals surface area (Å²) in [7, 11) is 0. The lowest BCUT2D eigenvalue weighted by Crippen LogP contribution is -2.28. The van der Waals surface area contributed by atoms with Crippen LogP contribution in [-0.4, -0.2) is 25.7 Å². The average Bonchev–Trinajstić information content (AvgIpc) is 2.39. The fourth-order valence-corrected chi connectivity index (χ4v) is 2.70. The first-order chi connectivity index (χ1) is 9.74. The minimum atomic E-state index is -0.334. The van der Waals surface area contributed by atoms with E-state index in [0.717, 1.165) is 18.8 Å². The fraction of sp³-hybridized carbons (Fsp3) is 0.562. The zero-order valence-corrected chi connectivity index (χ0v) is 12.2. The molecule has 0 saturated carbocycles. The number of nitrogen functional groups attached to an aromatic ring is 1. The number of benzene rings is 1. The summed E-state index contributed by atoms with van der Waals surface area (Å²) in [6.45, 7) is 4.19. The highest BCUT2D eigenvalue weighted by Crippen LogP contribution is 2.29. The predicted octanol–water partition coefficient (Wildman–Crippen LogP) is 3.22. The Kier molecular flexibility index (Phi) is 5.27. The molecule has 0 bridgehead atoms. The molecule has 0 atom stereocenters. The van der Waals surface area contributed by atoms with Crippen molar-refractivity contribution in [3.05, 3.63) is 23.8 Å². The number of rotatable bonds is 3. The van der Waals surface area contributed by atoms with Gasteiger partial charge in [-0.2, -0.15) is 0 Å². The lowest BCUT2D eigenvalue weighted by molar-refractivity contribution is 0.0527. The van der Waals surface area contributed by atoms with E-state index < -0.39 is 0 Å². The first-order valence-electron chi connectivity index (χ1n) is 7.54. The van der Waals surface area contributed by atoms with E-state index in [1.807, 2.05) is 12.1 Å². The molecule has 20 heavy (non-hydrogen) atoms. The Bertz CT molecular complexity index is 452. The smallest absolute Gasteiger partial charge is 0.340 e. The lowest BCUT2D eigenvalue weighted by Gasteiger charge is -2.28. The maximum atomic E-state index is 11.9. The summed E-state index contributed by atoms with van der Waals surface area (Å²) >= 11 is 0. The van der Waals surface area contributed by atoms with Crippen molar-refractivity contribution in [1.29, 1.82) is 0 Å². The number of nitrogens with two attached hydrogens (primary N) is 1. The van der Waals surface area contributed by atoms with Gasteiger partial charge in [-0.15, -0.1) is 0 Å². The minimum Gasteiger partial charge on any atom is -0.462 e. The van der Waals surface area contributed by atoms with Gasteiger partial charge >= 0.3 is 5.97 Å². The van der Waals surface area contributed by atoms with Crippen LogP contribution in [0.3, 0.4) is 0 Å². The average molecular weight is 276 g/mol. The van der Waals surface area contributed by atoms with Crippen molar-refractivity contribution in [1.82, 2.24) is 0 Å². The van der Waals surface area contributed by atoms with Gasteiger partial charge < -0.3 is 15.4 Å². The third kappa shape index (κ3) is 3.44. The van der Waals surface area contributed by atoms with E-state index in [9.17, 15) is 4.79 Å². The van der Waals surface area contributed by atoms with E-state index in [4.69, 9.17) is 10.5 Å². The molecule has 1 aromatic carbocycles. The van der Waals surface area contributed by atoms with Gasteiger partial charge in [0.15, 0.2) is 0 Å². The summed E-state index contributed by atoms with van der Waals surface area (Å²) in [5.41, 5.74) is 8.19. The van der Waals surface area contributed by atoms with Crippen LogP contribution in [0.5, 0.6) is 0 Å². The van der Waals surface area contributed by atoms with Crippen molar-refractivity contribution >= 4 is 17.3 Å². The van der Waals surface area contributed by atoms with Gasteiger partial charge in [-0.05, 0) is 31.9 Å². The van der Waals surface area contributed by atoms with Gasteiger partial charge in [0.25, 0.3) is 0 Å². The Labute approximate surface area is 120 Å². The highest BCUT2D eigenvalue weighted by molar-refractivity contribution is 5.98. The molecule has 0 spiro atoms. The van der Waals surface area contributed by atoms with E-state index in [0.29, 0.717) is 17.9 Å². The van der Waals surface area contributed by atoms with Crippen LogP contribution in [-0.2, 0) is 4.74 Å². The number of hydrogen-bond donors (Lipinski definition) is 1. The zero-order valence-electron chi connectivity index (χ0n) is 12.2. The van der Waals surface area contributed by atoms with Crippen molar-refractivity contribution in [3.63, 3.8) is 0 Å². The van der Waals surface area contributed by atoms with Crippen LogP contribution in [0.15, 0.2) is 18.2 Å². The Morgan fingerprint density at radius 2 is 1.85 bits per heavy atom. The molecule has 0 unspecified atom stereocenters. The molecule has 110 valence electrons. The summed E-state index contributed by atoms with van der Waals surface area (Å²) < 4.78 is 5.06. The molecule has 0 aliphatic carbocycles. The Morgan fingerprint density at radius 3 is 2.50 bits per heavy atom. The minimum absolute atomic E-state index is 0.334. The van der Waals surface area contributed by atoms with Gasteiger partial charge in [0.2, 0.25) is 0 Å². The second kappa shape index (κ2) is 7.17. The molecule has 1 aromatic rings. The van der Waals surface area contributed by atoms with Crippen molar-refractivity contribution in [2.45, 2.75) is 39.0 Å². The molecule has 1 aliphatic heterocycles. The molecule has 1 aliphatic rings. The maximum Gasteiger partial charge on any atom is 0.340 e. The molecule has 1 saturated heterocycles. The third-order valence-electron chi connectivity index (χ3n) is 3.78. The van der Waals surface area contributed by atoms with E-state index in [-0.39, 0.29) is 5.97 Å². The molecule has 1 fully saturated rings. The van der Waals surface area contributed by atoms with Crippen molar-refractivity contribution in [2.24, 2.45) is 0 Å². The van der Waals surface area contributed by atoms with Gasteiger partial charge in [-0.3, -0.25) is 0 Å². The first-order valence-corrected chi connectivity index (χ1v) is 7.54. The molecule has 0 amide bonds. The van der Waals surface area contributed by atoms with Gasteiger partial charge in [0, 0.05) is 13.1 Å². The SMILES string of the molecule is CCOC(=O)c1cccc(N2CCCCCCC2)c1N. The fourth-order valence-electron chi connectivity index (χ4n) is 2.70. The molecule has 1 heterocycles. The normalized spacial score (nSPS) is 16.4. The first kappa shape index (κ1) is 14.7. The van der Waals surface area contributed by atoms with Crippen LogP contribution in [0.2, 0.25) is 0 Å². The number of nitrogens with zero attached hydrogens (tertiary/aromatic N) is 1. The summed E-state index contributed by atoms with van der Waals surface area (Å²) in [6.07, 6.45) is 6.24. The number of ether oxygens (including phenoxy) is 1. The highest BCUT2D eigenvalue weighted by Gasteiger charge is 2.17. The molecular weight excluding hydrogens is 252 g/mol. The number of hydrogen-bond acceptors (Lipinski definition) is 4. The van der Waals surface area contributed by atoms with E-state index in [1.165, 1.54) is 32.1 Å². The van der Waals surface area contributed by atoms with Crippen LogP contribution < -0.4 is 10.6 Å². The van der Waals surface area contributed by atoms with Crippen LogP contribution in [0, 0.1) is 0 Å². The molecule has 4 heteroatoms. The number of anilines is 2. The number of para-hydroxylation sites is 1. The van der Waals surface area contributed by atoms with Crippen LogP contribution in [0.25, 0.3) is 0 Å². The molecule has 2 N–H and O–H groups in total. The van der Waals surface area contributed by atoms with Crippen LogP contribution >= 0.6 is 0 Å². The zero-order chi connectivity index (χ0) is 14.4. The predicted molar refractivity (Wildman–Crippen MR) is 82.1 cm³/mol. The van der Waals surface area contributed by atoms with E-state index in [2.05, 4.69) is 4.90 Å². The van der Waals surface area contributed by atoms with Crippen LogP contribution in [0.1, 0.15) is 49.4 Å². The highest BCUT2D eigenvalue weighted by atomic mass is 16.5. The lowest BCUT2D eigenvalue weighted by atomic mass is 10.1. The number of carbonyl (C=O) groups excluding carboxylic acids is 1. The molecular formula is C16H24N2O2. The second-order valence-electron chi connectivity index (χ2n) is 5.21. The maximum absolute atomic E-state index is 11.9. The summed E-state index contributed by atoms with van der Waals surface area (Å²) in [4.78, 5) is 14.2. The van der Waals surface area contributed by atoms with Gasteiger partial charge in [0.1, 0.15) is 0 Å². The number of esters is 1. The van der Waals surface area contributed by atoms with Crippen molar-refractivity contribution < 1.29 is 9.53 Å². The Hall–Kier alpha value is -1.71. The second-order valence-corrected chi connectivity index (χ2v) is 5.21. The van der Waals surface area contributed by atoms with Gasteiger partial charge in [-0.25, -0.2) is 4.79 Å². The van der Waals surface area contributed by atoms with Crippen molar-refractivity contribution in [3.8, 4) is 0 Å². The largest absolute Gasteiger partial charge is 0.462 e. The molecule has 0 radical (unpaired) electrons. The van der Waals surface area contributed by atoms with Crippen LogP contribution in [0.4, 0.5) is 11.4 Å². The Morgan fingerprint density at radius 1 is 1.20 bits per heavy atom. The molecule has 4 nitrogen and oxygen atoms in total. The van der Waals surface area contributed by atoms with E-state index in [1.54, 1.807) is 13.0 Å². The summed E-state index contributed by atoms with van der Waals surface area (Å²) in [5.74, 6) is -0.334. The van der Waals surface area contributed by atoms with Gasteiger partial charge in [0.05, 0.1) is 23.5 Å². The summed E-state index contributed by atoms with van der Waals surface area (Å²) in [6, 6.07) is 5.62. The monoisotopic (exact) mass is 276 g/mol. The summed E-state index contributed by atoms with van der Waals surface area (Å²) in [5, 5.41) is 0. The van der Waals surface area contributed by atoms with Gasteiger partial charge in [-0.1, -0.05) is 25.3 Å². The van der Waals surface area contributed by atoms with Crippen molar-refractivity contribution in [2.75, 3.05) is 30.3 Å². The third-order valence-corrected chi connectivity index (χ3v) is 3.78. The quantitative estimate of drug-likeness (QED) is 0.680. The Balaban J connectivity index is 2.22. The molecule has 0 aromatic heterocycles. The molecule has 2 rings (SSSR count). The topological polar surface area (TPSA) is 55.6 Å². The standard InChI is InChI=1S/C16H24N2O2/c1-2-20-16(19)13-9-8-10-14(15(13)17)18-11-6-4-3-5-7-12-18/h8-10H,2-7,11-12,17H2,1H3. The van der Waals surface area contributed by atoms with E-state index >= 15 is 0 Å². The number of carbonyl (C=O) groups is 1.